The van der Waals surface area contributed by atoms with E-state index < -0.39 is 5.97 Å². The molecule has 3 N–H and O–H groups in total. The molecule has 21 heavy (non-hydrogen) atoms. The lowest BCUT2D eigenvalue weighted by Gasteiger charge is -2.08. The molecule has 0 aliphatic rings. The molecule has 2 unspecified atom stereocenters. The molecular formula is C17H32INO2. The first kappa shape index (κ1) is 23.0. The zero-order chi connectivity index (χ0) is 16.5. The SMILES string of the molecule is CC#CC(CN)C(C)I.CCCCCCCCCC(=O)O. The van der Waals surface area contributed by atoms with Crippen molar-refractivity contribution in [2.24, 2.45) is 11.7 Å². The molecule has 0 amide bonds. The molecule has 124 valence electrons. The van der Waals surface area contributed by atoms with E-state index in [-0.39, 0.29) is 0 Å². The quantitative estimate of drug-likeness (QED) is 0.240. The van der Waals surface area contributed by atoms with Crippen molar-refractivity contribution in [2.75, 3.05) is 6.54 Å². The van der Waals surface area contributed by atoms with E-state index in [2.05, 4.69) is 48.3 Å². The van der Waals surface area contributed by atoms with Crippen molar-refractivity contribution in [3.63, 3.8) is 0 Å². The zero-order valence-corrected chi connectivity index (χ0v) is 16.0. The third-order valence-corrected chi connectivity index (χ3v) is 4.00. The average molecular weight is 409 g/mol. The van der Waals surface area contributed by atoms with E-state index in [1.165, 1.54) is 32.1 Å². The van der Waals surface area contributed by atoms with Gasteiger partial charge >= 0.3 is 5.97 Å². The number of alkyl halides is 1. The predicted molar refractivity (Wildman–Crippen MR) is 99.7 cm³/mol. The van der Waals surface area contributed by atoms with E-state index in [0.29, 0.717) is 22.8 Å². The molecule has 0 spiro atoms. The lowest BCUT2D eigenvalue weighted by molar-refractivity contribution is -0.137. The Morgan fingerprint density at radius 1 is 1.19 bits per heavy atom. The molecule has 0 bridgehead atoms. The van der Waals surface area contributed by atoms with Gasteiger partial charge in [-0.25, -0.2) is 0 Å². The maximum Gasteiger partial charge on any atom is 0.303 e. The van der Waals surface area contributed by atoms with Crippen molar-refractivity contribution in [1.29, 1.82) is 0 Å². The van der Waals surface area contributed by atoms with Gasteiger partial charge in [-0.05, 0) is 13.3 Å². The normalized spacial score (nSPS) is 12.4. The van der Waals surface area contributed by atoms with E-state index in [9.17, 15) is 4.79 Å². The van der Waals surface area contributed by atoms with Crippen LogP contribution in [0.5, 0.6) is 0 Å². The number of halogens is 1. The van der Waals surface area contributed by atoms with E-state index >= 15 is 0 Å². The molecule has 0 fully saturated rings. The Bertz CT molecular complexity index is 295. The van der Waals surface area contributed by atoms with Crippen LogP contribution in [0.2, 0.25) is 0 Å². The van der Waals surface area contributed by atoms with Gasteiger partial charge in [0.15, 0.2) is 0 Å². The van der Waals surface area contributed by atoms with Crippen LogP contribution in [0, 0.1) is 17.8 Å². The fraction of sp³-hybridized carbons (Fsp3) is 0.824. The second kappa shape index (κ2) is 17.8. The zero-order valence-electron chi connectivity index (χ0n) is 13.8. The number of carboxylic acids is 1. The van der Waals surface area contributed by atoms with Crippen LogP contribution in [-0.2, 0) is 4.79 Å². The first-order valence-electron chi connectivity index (χ1n) is 7.97. The molecule has 0 aliphatic heterocycles. The minimum Gasteiger partial charge on any atom is -0.481 e. The van der Waals surface area contributed by atoms with Crippen LogP contribution in [0.3, 0.4) is 0 Å². The summed E-state index contributed by atoms with van der Waals surface area (Å²) in [5.41, 5.74) is 5.45. The number of carboxylic acid groups (broad SMARTS) is 1. The second-order valence-corrected chi connectivity index (χ2v) is 7.14. The Morgan fingerprint density at radius 3 is 2.05 bits per heavy atom. The Kier molecular flexibility index (Phi) is 19.5. The summed E-state index contributed by atoms with van der Waals surface area (Å²) in [6.45, 7) is 6.85. The molecule has 3 nitrogen and oxygen atoms in total. The summed E-state index contributed by atoms with van der Waals surface area (Å²) in [6.07, 6.45) is 8.64. The number of rotatable bonds is 10. The molecule has 0 aromatic carbocycles. The van der Waals surface area contributed by atoms with Gasteiger partial charge in [-0.15, -0.1) is 5.92 Å². The Morgan fingerprint density at radius 2 is 1.71 bits per heavy atom. The molecule has 0 saturated carbocycles. The fourth-order valence-electron chi connectivity index (χ4n) is 1.78. The second-order valence-electron chi connectivity index (χ2n) is 5.18. The lowest BCUT2D eigenvalue weighted by atomic mass is 10.1. The van der Waals surface area contributed by atoms with Crippen LogP contribution in [0.25, 0.3) is 0 Å². The molecule has 0 aromatic rings. The summed E-state index contributed by atoms with van der Waals surface area (Å²) >= 11 is 2.35. The maximum atomic E-state index is 10.1. The summed E-state index contributed by atoms with van der Waals surface area (Å²) in [7, 11) is 0. The van der Waals surface area contributed by atoms with Crippen LogP contribution in [0.1, 0.15) is 72.1 Å². The monoisotopic (exact) mass is 409 g/mol. The van der Waals surface area contributed by atoms with Gasteiger partial charge in [0, 0.05) is 22.8 Å². The minimum atomic E-state index is -0.663. The molecule has 0 saturated heterocycles. The highest BCUT2D eigenvalue weighted by atomic mass is 127. The van der Waals surface area contributed by atoms with Gasteiger partial charge in [0.1, 0.15) is 0 Å². The Hall–Kier alpha value is -0.280. The van der Waals surface area contributed by atoms with Gasteiger partial charge in [0.25, 0.3) is 0 Å². The number of hydrogen-bond acceptors (Lipinski definition) is 2. The average Bonchev–Trinajstić information content (AvgIpc) is 2.44. The van der Waals surface area contributed by atoms with Crippen molar-refractivity contribution in [1.82, 2.24) is 0 Å². The van der Waals surface area contributed by atoms with Crippen molar-refractivity contribution in [3.05, 3.63) is 0 Å². The van der Waals surface area contributed by atoms with Crippen molar-refractivity contribution < 1.29 is 9.90 Å². The minimum absolute atomic E-state index is 0.341. The smallest absolute Gasteiger partial charge is 0.303 e. The van der Waals surface area contributed by atoms with E-state index in [1.54, 1.807) is 0 Å². The molecule has 4 heteroatoms. The van der Waals surface area contributed by atoms with Crippen LogP contribution in [-0.4, -0.2) is 21.5 Å². The molecule has 0 aromatic heterocycles. The van der Waals surface area contributed by atoms with Gasteiger partial charge in [-0.1, -0.05) is 80.9 Å². The molecule has 0 radical (unpaired) electrons. The highest BCUT2D eigenvalue weighted by molar-refractivity contribution is 14.1. The summed E-state index contributed by atoms with van der Waals surface area (Å²) in [5, 5.41) is 8.35. The van der Waals surface area contributed by atoms with E-state index in [0.717, 1.165) is 12.8 Å². The first-order chi connectivity index (χ1) is 9.99. The molecular weight excluding hydrogens is 377 g/mol. The summed E-state index contributed by atoms with van der Waals surface area (Å²) in [5.74, 6) is 5.62. The number of unbranched alkanes of at least 4 members (excludes halogenated alkanes) is 6. The van der Waals surface area contributed by atoms with Gasteiger partial charge < -0.3 is 10.8 Å². The van der Waals surface area contributed by atoms with E-state index in [1.807, 2.05) is 6.92 Å². The third kappa shape index (κ3) is 19.7. The summed E-state index contributed by atoms with van der Waals surface area (Å²) in [4.78, 5) is 10.1. The van der Waals surface area contributed by atoms with Crippen LogP contribution in [0.4, 0.5) is 0 Å². The Labute approximate surface area is 144 Å². The van der Waals surface area contributed by atoms with Crippen molar-refractivity contribution in [2.45, 2.75) is 76.1 Å². The number of nitrogens with two attached hydrogens (primary N) is 1. The topological polar surface area (TPSA) is 63.3 Å². The van der Waals surface area contributed by atoms with Crippen LogP contribution >= 0.6 is 22.6 Å². The lowest BCUT2D eigenvalue weighted by Crippen LogP contribution is -2.19. The number of carbonyl (C=O) groups is 1. The molecule has 0 aliphatic carbocycles. The summed E-state index contributed by atoms with van der Waals surface area (Å²) < 4.78 is 0.556. The molecule has 2 atom stereocenters. The standard InChI is InChI=1S/C10H20O2.C7H12IN/c1-2-3-4-5-6-7-8-9-10(11)12;1-3-4-7(5-9)6(2)8/h2-9H2,1H3,(H,11,12);6-7H,5,9H2,1-2H3. The largest absolute Gasteiger partial charge is 0.481 e. The number of hydrogen-bond donors (Lipinski definition) is 2. The van der Waals surface area contributed by atoms with Gasteiger partial charge in [-0.3, -0.25) is 4.79 Å². The highest BCUT2D eigenvalue weighted by Crippen LogP contribution is 2.10. The number of aliphatic carboxylic acids is 1. The van der Waals surface area contributed by atoms with Crippen molar-refractivity contribution >= 4 is 28.6 Å². The fourth-order valence-corrected chi connectivity index (χ4v) is 2.25. The van der Waals surface area contributed by atoms with Gasteiger partial charge in [0.2, 0.25) is 0 Å². The molecule has 0 rings (SSSR count). The Balaban J connectivity index is 0. The van der Waals surface area contributed by atoms with Gasteiger partial charge in [0.05, 0.1) is 0 Å². The maximum absolute atomic E-state index is 10.1. The predicted octanol–water partition coefficient (Wildman–Crippen LogP) is 4.62. The van der Waals surface area contributed by atoms with Crippen LogP contribution in [0.15, 0.2) is 0 Å². The van der Waals surface area contributed by atoms with Gasteiger partial charge in [-0.2, -0.15) is 0 Å². The first-order valence-corrected chi connectivity index (χ1v) is 9.22. The summed E-state index contributed by atoms with van der Waals surface area (Å²) in [6, 6.07) is 0. The third-order valence-electron chi connectivity index (χ3n) is 3.13. The van der Waals surface area contributed by atoms with Crippen molar-refractivity contribution in [3.8, 4) is 11.8 Å². The van der Waals surface area contributed by atoms with E-state index in [4.69, 9.17) is 10.8 Å². The van der Waals surface area contributed by atoms with Crippen LogP contribution < -0.4 is 5.73 Å². The highest BCUT2D eigenvalue weighted by Gasteiger charge is 2.07. The molecule has 0 heterocycles.